The lowest BCUT2D eigenvalue weighted by Gasteiger charge is -2.34. The summed E-state index contributed by atoms with van der Waals surface area (Å²) in [7, 11) is 1.48. The second-order valence-electron chi connectivity index (χ2n) is 7.03. The van der Waals surface area contributed by atoms with Gasteiger partial charge in [0.15, 0.2) is 17.3 Å². The van der Waals surface area contributed by atoms with Crippen molar-refractivity contribution in [2.75, 3.05) is 25.2 Å². The van der Waals surface area contributed by atoms with Crippen LogP contribution >= 0.6 is 11.8 Å². The molecule has 1 heterocycles. The van der Waals surface area contributed by atoms with Gasteiger partial charge in [-0.15, -0.1) is 0 Å². The molecule has 2 aliphatic rings. The van der Waals surface area contributed by atoms with Crippen LogP contribution in [0.2, 0.25) is 0 Å². The van der Waals surface area contributed by atoms with E-state index in [1.165, 1.54) is 7.11 Å². The van der Waals surface area contributed by atoms with E-state index in [1.54, 1.807) is 30.0 Å². The van der Waals surface area contributed by atoms with Crippen LogP contribution in [0.4, 0.5) is 0 Å². The fraction of sp³-hybridized carbons (Fsp3) is 0.455. The Balaban J connectivity index is 2.02. The largest absolute Gasteiger partial charge is 0.504 e. The molecule has 156 valence electrons. The summed E-state index contributed by atoms with van der Waals surface area (Å²) >= 11 is 1.70. The van der Waals surface area contributed by atoms with E-state index < -0.39 is 11.9 Å². The van der Waals surface area contributed by atoms with Gasteiger partial charge in [0.1, 0.15) is 6.61 Å². The minimum absolute atomic E-state index is 0.0263. The van der Waals surface area contributed by atoms with Crippen molar-refractivity contribution in [3.8, 4) is 11.5 Å². The quantitative estimate of drug-likeness (QED) is 0.517. The first-order valence-electron chi connectivity index (χ1n) is 9.83. The van der Waals surface area contributed by atoms with Crippen LogP contribution in [0.5, 0.6) is 11.5 Å². The van der Waals surface area contributed by atoms with Gasteiger partial charge in [-0.2, -0.15) is 11.8 Å². The zero-order valence-electron chi connectivity index (χ0n) is 17.0. The highest BCUT2D eigenvalue weighted by Crippen LogP contribution is 2.44. The van der Waals surface area contributed by atoms with Crippen molar-refractivity contribution in [2.45, 2.75) is 39.0 Å². The summed E-state index contributed by atoms with van der Waals surface area (Å²) in [5.41, 5.74) is 3.23. The summed E-state index contributed by atoms with van der Waals surface area (Å²) in [6, 6.07) is 5.00. The molecule has 0 aromatic heterocycles. The molecular formula is C22H27NO5S. The number of methoxy groups -OCH3 is 1. The number of thioether (sulfide) groups is 1. The van der Waals surface area contributed by atoms with Gasteiger partial charge >= 0.3 is 5.97 Å². The van der Waals surface area contributed by atoms with Crippen molar-refractivity contribution in [1.82, 2.24) is 5.32 Å². The fourth-order valence-corrected chi connectivity index (χ4v) is 4.38. The van der Waals surface area contributed by atoms with Crippen LogP contribution in [-0.4, -0.2) is 42.1 Å². The number of rotatable bonds is 7. The molecule has 1 atom stereocenters. The SMILES string of the molecule is CCSCCOC(=O)C1=C(C)NC2=C(C(=O)CCC2)[C@@H]1c1ccc(OC)c(O)c1. The van der Waals surface area contributed by atoms with E-state index in [0.29, 0.717) is 41.2 Å². The highest BCUT2D eigenvalue weighted by molar-refractivity contribution is 7.99. The molecule has 0 fully saturated rings. The first kappa shape index (κ1) is 21.3. The number of allylic oxidation sites excluding steroid dienone is 3. The first-order valence-corrected chi connectivity index (χ1v) is 11.0. The van der Waals surface area contributed by atoms with E-state index in [9.17, 15) is 14.7 Å². The number of esters is 1. The van der Waals surface area contributed by atoms with E-state index >= 15 is 0 Å². The number of hydrogen-bond acceptors (Lipinski definition) is 7. The molecule has 0 amide bonds. The summed E-state index contributed by atoms with van der Waals surface area (Å²) in [6.07, 6.45) is 1.99. The highest BCUT2D eigenvalue weighted by Gasteiger charge is 2.39. The molecule has 6 nitrogen and oxygen atoms in total. The van der Waals surface area contributed by atoms with E-state index in [-0.39, 0.29) is 11.5 Å². The predicted molar refractivity (Wildman–Crippen MR) is 113 cm³/mol. The van der Waals surface area contributed by atoms with Crippen molar-refractivity contribution in [1.29, 1.82) is 0 Å². The topological polar surface area (TPSA) is 84.9 Å². The molecule has 1 aromatic carbocycles. The summed E-state index contributed by atoms with van der Waals surface area (Å²) in [5.74, 6) is 1.02. The third-order valence-electron chi connectivity index (χ3n) is 5.20. The summed E-state index contributed by atoms with van der Waals surface area (Å²) in [5, 5.41) is 13.6. The third kappa shape index (κ3) is 4.45. The lowest BCUT2D eigenvalue weighted by molar-refractivity contribution is -0.138. The summed E-state index contributed by atoms with van der Waals surface area (Å²) in [4.78, 5) is 25.8. The minimum atomic E-state index is -0.567. The second kappa shape index (κ2) is 9.39. The fourth-order valence-electron chi connectivity index (χ4n) is 3.89. The van der Waals surface area contributed by atoms with Gasteiger partial charge in [-0.05, 0) is 43.2 Å². The number of hydrogen-bond donors (Lipinski definition) is 2. The van der Waals surface area contributed by atoms with Crippen LogP contribution in [0.15, 0.2) is 40.7 Å². The number of nitrogens with one attached hydrogen (secondary N) is 1. The Bertz CT molecular complexity index is 874. The molecule has 0 saturated heterocycles. The van der Waals surface area contributed by atoms with Gasteiger partial charge in [0.25, 0.3) is 0 Å². The number of benzene rings is 1. The third-order valence-corrected chi connectivity index (χ3v) is 6.06. The Hall–Kier alpha value is -2.41. The van der Waals surface area contributed by atoms with Crippen LogP contribution in [0.3, 0.4) is 0 Å². The first-order chi connectivity index (χ1) is 14.0. The highest BCUT2D eigenvalue weighted by atomic mass is 32.2. The van der Waals surface area contributed by atoms with E-state index in [0.717, 1.165) is 30.0 Å². The van der Waals surface area contributed by atoms with Gasteiger partial charge in [0.2, 0.25) is 0 Å². The zero-order valence-corrected chi connectivity index (χ0v) is 17.9. The van der Waals surface area contributed by atoms with E-state index in [2.05, 4.69) is 12.2 Å². The van der Waals surface area contributed by atoms with Gasteiger partial charge in [0.05, 0.1) is 12.7 Å². The van der Waals surface area contributed by atoms with Crippen LogP contribution < -0.4 is 10.1 Å². The van der Waals surface area contributed by atoms with Crippen molar-refractivity contribution < 1.29 is 24.2 Å². The molecule has 0 spiro atoms. The lowest BCUT2D eigenvalue weighted by Crippen LogP contribution is -2.34. The maximum Gasteiger partial charge on any atom is 0.336 e. The second-order valence-corrected chi connectivity index (χ2v) is 8.42. The number of ketones is 1. The number of phenolic OH excluding ortho intramolecular Hbond substituents is 1. The smallest absolute Gasteiger partial charge is 0.336 e. The minimum Gasteiger partial charge on any atom is -0.504 e. The molecule has 1 aliphatic heterocycles. The Labute approximate surface area is 175 Å². The molecule has 7 heteroatoms. The van der Waals surface area contributed by atoms with Crippen molar-refractivity contribution in [3.05, 3.63) is 46.3 Å². The normalized spacial score (nSPS) is 19.0. The van der Waals surface area contributed by atoms with Gasteiger partial charge < -0.3 is 19.9 Å². The molecule has 0 saturated carbocycles. The number of carbonyl (C=O) groups is 2. The zero-order chi connectivity index (χ0) is 21.0. The Morgan fingerprint density at radius 1 is 1.34 bits per heavy atom. The maximum absolute atomic E-state index is 13.0. The van der Waals surface area contributed by atoms with E-state index in [1.807, 2.05) is 6.92 Å². The van der Waals surface area contributed by atoms with Gasteiger partial charge in [-0.1, -0.05) is 13.0 Å². The number of Topliss-reactive ketones (excluding diaryl/α,β-unsaturated/α-hetero) is 1. The molecule has 0 bridgehead atoms. The lowest BCUT2D eigenvalue weighted by atomic mass is 9.75. The van der Waals surface area contributed by atoms with Crippen LogP contribution in [0.1, 0.15) is 44.6 Å². The maximum atomic E-state index is 13.0. The monoisotopic (exact) mass is 417 g/mol. The van der Waals surface area contributed by atoms with Gasteiger partial charge in [-0.25, -0.2) is 4.79 Å². The molecule has 29 heavy (non-hydrogen) atoms. The Morgan fingerprint density at radius 2 is 2.14 bits per heavy atom. The predicted octanol–water partition coefficient (Wildman–Crippen LogP) is 3.67. The van der Waals surface area contributed by atoms with Crippen LogP contribution in [-0.2, 0) is 14.3 Å². The molecule has 1 aromatic rings. The molecule has 3 rings (SSSR count). The average molecular weight is 418 g/mol. The van der Waals surface area contributed by atoms with E-state index in [4.69, 9.17) is 9.47 Å². The Morgan fingerprint density at radius 3 is 2.83 bits per heavy atom. The molecule has 0 unspecified atom stereocenters. The number of phenols is 1. The number of carbonyl (C=O) groups excluding carboxylic acids is 2. The van der Waals surface area contributed by atoms with Crippen LogP contribution in [0, 0.1) is 0 Å². The standard InChI is InChI=1S/C22H27NO5S/c1-4-29-11-10-28-22(26)19-13(2)23-15-6-5-7-16(24)21(15)20(19)14-8-9-18(27-3)17(25)12-14/h8-9,12,20,23,25H,4-7,10-11H2,1-3H3/t20-/m1/s1. The molecule has 0 radical (unpaired) electrons. The Kier molecular flexibility index (Phi) is 6.90. The van der Waals surface area contributed by atoms with Crippen LogP contribution in [0.25, 0.3) is 0 Å². The van der Waals surface area contributed by atoms with Crippen molar-refractivity contribution in [3.63, 3.8) is 0 Å². The average Bonchev–Trinajstić information content (AvgIpc) is 2.70. The summed E-state index contributed by atoms with van der Waals surface area (Å²) < 4.78 is 10.7. The molecule has 2 N–H and O–H groups in total. The number of dihydropyridines is 1. The van der Waals surface area contributed by atoms with Gasteiger partial charge in [-0.3, -0.25) is 4.79 Å². The van der Waals surface area contributed by atoms with Gasteiger partial charge in [0, 0.05) is 35.1 Å². The summed E-state index contributed by atoms with van der Waals surface area (Å²) in [6.45, 7) is 4.20. The van der Waals surface area contributed by atoms with Crippen molar-refractivity contribution in [2.24, 2.45) is 0 Å². The van der Waals surface area contributed by atoms with Crippen molar-refractivity contribution >= 4 is 23.5 Å². The number of ether oxygens (including phenoxy) is 2. The molecule has 1 aliphatic carbocycles. The molecular weight excluding hydrogens is 390 g/mol. The number of aromatic hydroxyl groups is 1.